The fourth-order valence-electron chi connectivity index (χ4n) is 3.69. The molecule has 3 aromatic heterocycles. The van der Waals surface area contributed by atoms with Crippen molar-refractivity contribution in [2.24, 2.45) is 0 Å². The number of anilines is 1. The fourth-order valence-corrected chi connectivity index (χ4v) is 3.69. The van der Waals surface area contributed by atoms with Crippen LogP contribution in [0.2, 0.25) is 0 Å². The molecule has 0 radical (unpaired) electrons. The minimum Gasteiger partial charge on any atom is -0.378 e. The first-order chi connectivity index (χ1) is 15.3. The number of carbonyl (C=O) groups is 1. The van der Waals surface area contributed by atoms with E-state index in [1.54, 1.807) is 23.1 Å². The summed E-state index contributed by atoms with van der Waals surface area (Å²) >= 11 is 0. The molecule has 0 unspecified atom stereocenters. The number of nitrogens with one attached hydrogen (secondary N) is 1. The van der Waals surface area contributed by atoms with Crippen molar-refractivity contribution in [3.05, 3.63) is 78.2 Å². The second kappa shape index (κ2) is 8.53. The van der Waals surface area contributed by atoms with Crippen LogP contribution in [0.25, 0.3) is 16.9 Å². The molecule has 1 N–H and O–H groups in total. The first-order valence-corrected chi connectivity index (χ1v) is 10.2. The predicted octanol–water partition coefficient (Wildman–Crippen LogP) is 2.56. The van der Waals surface area contributed by atoms with Gasteiger partial charge >= 0.3 is 0 Å². The van der Waals surface area contributed by atoms with Crippen molar-refractivity contribution in [2.45, 2.75) is 6.54 Å². The van der Waals surface area contributed by atoms with Crippen molar-refractivity contribution >= 4 is 17.4 Å². The first-order valence-electron chi connectivity index (χ1n) is 10.2. The Morgan fingerprint density at radius 3 is 2.68 bits per heavy atom. The van der Waals surface area contributed by atoms with Gasteiger partial charge in [-0.3, -0.25) is 4.79 Å². The van der Waals surface area contributed by atoms with Crippen LogP contribution in [0.4, 0.5) is 5.82 Å². The van der Waals surface area contributed by atoms with Crippen molar-refractivity contribution in [1.82, 2.24) is 24.9 Å². The number of fused-ring (bicyclic) bond motifs is 1. The maximum absolute atomic E-state index is 12.9. The summed E-state index contributed by atoms with van der Waals surface area (Å²) in [4.78, 5) is 23.9. The van der Waals surface area contributed by atoms with Crippen LogP contribution in [-0.2, 0) is 11.3 Å². The van der Waals surface area contributed by atoms with Crippen LogP contribution in [-0.4, -0.2) is 51.8 Å². The normalized spacial score (nSPS) is 14.0. The molecular formula is C23H22N6O2. The smallest absolute Gasteiger partial charge is 0.257 e. The van der Waals surface area contributed by atoms with E-state index in [-0.39, 0.29) is 5.91 Å². The van der Waals surface area contributed by atoms with Gasteiger partial charge in [0.15, 0.2) is 5.65 Å². The van der Waals surface area contributed by atoms with Gasteiger partial charge in [0.2, 0.25) is 0 Å². The van der Waals surface area contributed by atoms with Gasteiger partial charge < -0.3 is 15.0 Å². The summed E-state index contributed by atoms with van der Waals surface area (Å²) in [5, 5.41) is 7.39. The molecule has 1 aromatic carbocycles. The Hall–Kier alpha value is -3.78. The Balaban J connectivity index is 1.33. The van der Waals surface area contributed by atoms with E-state index in [0.29, 0.717) is 31.0 Å². The summed E-state index contributed by atoms with van der Waals surface area (Å²) < 4.78 is 7.10. The third-order valence-electron chi connectivity index (χ3n) is 5.31. The number of hydrogen-bond donors (Lipinski definition) is 1. The number of morpholine rings is 1. The molecule has 0 saturated carbocycles. The monoisotopic (exact) mass is 414 g/mol. The number of carbonyl (C=O) groups excluding carboxylic acids is 1. The molecule has 4 heterocycles. The summed E-state index contributed by atoms with van der Waals surface area (Å²) in [5.41, 5.74) is 3.85. The van der Waals surface area contributed by atoms with Gasteiger partial charge in [-0.2, -0.15) is 5.10 Å². The number of pyridine rings is 1. The van der Waals surface area contributed by atoms with Crippen LogP contribution in [0.3, 0.4) is 0 Å². The molecule has 1 saturated heterocycles. The number of ether oxygens (including phenoxy) is 1. The standard InChI is InChI=1S/C23H22N6O2/c30-23(26-15-17-6-8-24-21(14-17)28-10-12-31-13-11-28)19-16-27-29-20(7-9-25-22(19)29)18-4-2-1-3-5-18/h1-9,14,16H,10-13,15H2,(H,26,30). The topological polar surface area (TPSA) is 84.7 Å². The van der Waals surface area contributed by atoms with E-state index in [1.165, 1.54) is 0 Å². The molecule has 1 amide bonds. The van der Waals surface area contributed by atoms with Gasteiger partial charge in [0.1, 0.15) is 11.4 Å². The minimum absolute atomic E-state index is 0.211. The molecule has 1 fully saturated rings. The van der Waals surface area contributed by atoms with E-state index in [1.807, 2.05) is 48.5 Å². The highest BCUT2D eigenvalue weighted by atomic mass is 16.5. The van der Waals surface area contributed by atoms with Crippen LogP contribution in [0, 0.1) is 0 Å². The summed E-state index contributed by atoms with van der Waals surface area (Å²) in [6, 6.07) is 15.7. The maximum atomic E-state index is 12.9. The third-order valence-corrected chi connectivity index (χ3v) is 5.31. The summed E-state index contributed by atoms with van der Waals surface area (Å²) in [6.07, 6.45) is 5.04. The number of benzene rings is 1. The second-order valence-corrected chi connectivity index (χ2v) is 7.29. The molecule has 1 aliphatic rings. The SMILES string of the molecule is O=C(NCc1ccnc(N2CCOCC2)c1)c1cnn2c(-c3ccccc3)ccnc12. The van der Waals surface area contributed by atoms with E-state index in [9.17, 15) is 4.79 Å². The molecule has 8 heteroatoms. The molecule has 1 aliphatic heterocycles. The molecule has 0 atom stereocenters. The Bertz CT molecular complexity index is 1200. The summed E-state index contributed by atoms with van der Waals surface area (Å²) in [7, 11) is 0. The lowest BCUT2D eigenvalue weighted by Crippen LogP contribution is -2.36. The highest BCUT2D eigenvalue weighted by molar-refractivity contribution is 5.99. The molecule has 8 nitrogen and oxygen atoms in total. The van der Waals surface area contributed by atoms with Crippen molar-refractivity contribution in [2.75, 3.05) is 31.2 Å². The van der Waals surface area contributed by atoms with E-state index in [0.717, 1.165) is 35.7 Å². The van der Waals surface area contributed by atoms with E-state index < -0.39 is 0 Å². The van der Waals surface area contributed by atoms with Gasteiger partial charge in [-0.1, -0.05) is 30.3 Å². The zero-order chi connectivity index (χ0) is 21.0. The Labute approximate surface area is 179 Å². The number of amides is 1. The molecule has 5 rings (SSSR count). The van der Waals surface area contributed by atoms with Crippen molar-refractivity contribution < 1.29 is 9.53 Å². The molecule has 0 spiro atoms. The highest BCUT2D eigenvalue weighted by Crippen LogP contribution is 2.21. The van der Waals surface area contributed by atoms with Gasteiger partial charge in [0, 0.05) is 37.6 Å². The lowest BCUT2D eigenvalue weighted by Gasteiger charge is -2.28. The maximum Gasteiger partial charge on any atom is 0.257 e. The molecule has 0 bridgehead atoms. The van der Waals surface area contributed by atoms with Crippen molar-refractivity contribution in [1.29, 1.82) is 0 Å². The van der Waals surface area contributed by atoms with E-state index >= 15 is 0 Å². The average Bonchev–Trinajstić information content (AvgIpc) is 3.28. The zero-order valence-electron chi connectivity index (χ0n) is 16.9. The zero-order valence-corrected chi connectivity index (χ0v) is 16.9. The average molecular weight is 414 g/mol. The molecule has 0 aliphatic carbocycles. The summed E-state index contributed by atoms with van der Waals surface area (Å²) in [5.74, 6) is 0.692. The molecular weight excluding hydrogens is 392 g/mol. The van der Waals surface area contributed by atoms with Crippen molar-refractivity contribution in [3.8, 4) is 11.3 Å². The van der Waals surface area contributed by atoms with E-state index in [2.05, 4.69) is 25.3 Å². The Kier molecular flexibility index (Phi) is 5.28. The van der Waals surface area contributed by atoms with Gasteiger partial charge in [-0.05, 0) is 23.8 Å². The van der Waals surface area contributed by atoms with Crippen LogP contribution in [0.15, 0.2) is 67.1 Å². The predicted molar refractivity (Wildman–Crippen MR) is 117 cm³/mol. The molecule has 31 heavy (non-hydrogen) atoms. The van der Waals surface area contributed by atoms with Gasteiger partial charge in [-0.25, -0.2) is 14.5 Å². The lowest BCUT2D eigenvalue weighted by molar-refractivity contribution is 0.0952. The van der Waals surface area contributed by atoms with Crippen LogP contribution < -0.4 is 10.2 Å². The largest absolute Gasteiger partial charge is 0.378 e. The highest BCUT2D eigenvalue weighted by Gasteiger charge is 2.17. The first kappa shape index (κ1) is 19.2. The van der Waals surface area contributed by atoms with Crippen LogP contribution in [0.1, 0.15) is 15.9 Å². The number of hydrogen-bond acceptors (Lipinski definition) is 6. The second-order valence-electron chi connectivity index (χ2n) is 7.29. The van der Waals surface area contributed by atoms with Crippen LogP contribution in [0.5, 0.6) is 0 Å². The van der Waals surface area contributed by atoms with Gasteiger partial charge in [0.05, 0.1) is 25.1 Å². The Morgan fingerprint density at radius 1 is 1.03 bits per heavy atom. The van der Waals surface area contributed by atoms with E-state index in [4.69, 9.17) is 4.74 Å². The summed E-state index contributed by atoms with van der Waals surface area (Å²) in [6.45, 7) is 3.44. The van der Waals surface area contributed by atoms with Gasteiger partial charge in [0.25, 0.3) is 5.91 Å². The Morgan fingerprint density at radius 2 is 1.84 bits per heavy atom. The van der Waals surface area contributed by atoms with Gasteiger partial charge in [-0.15, -0.1) is 0 Å². The number of rotatable bonds is 5. The van der Waals surface area contributed by atoms with Crippen LogP contribution >= 0.6 is 0 Å². The lowest BCUT2D eigenvalue weighted by atomic mass is 10.1. The third kappa shape index (κ3) is 3.97. The number of nitrogens with zero attached hydrogens (tertiary/aromatic N) is 5. The quantitative estimate of drug-likeness (QED) is 0.540. The number of aromatic nitrogens is 4. The van der Waals surface area contributed by atoms with Crippen molar-refractivity contribution in [3.63, 3.8) is 0 Å². The minimum atomic E-state index is -0.211. The fraction of sp³-hybridized carbons (Fsp3) is 0.217. The molecule has 156 valence electrons. The molecule has 4 aromatic rings.